The maximum atomic E-state index is 10.5. The maximum Gasteiger partial charge on any atom is 0.434 e. The monoisotopic (exact) mass is 149 g/mol. The molecule has 1 saturated heterocycles. The van der Waals surface area contributed by atoms with Crippen LogP contribution in [0.4, 0.5) is 4.79 Å². The Balaban J connectivity index is 2.31. The van der Waals surface area contributed by atoms with E-state index in [0.717, 1.165) is 0 Å². The molecule has 0 N–H and O–H groups in total. The van der Waals surface area contributed by atoms with Gasteiger partial charge >= 0.3 is 6.09 Å². The number of hydrogen-bond acceptors (Lipinski definition) is 3. The summed E-state index contributed by atoms with van der Waals surface area (Å²) in [5, 5.41) is 1.23. The number of hydrogen-bond donors (Lipinski definition) is 0. The third-order valence-electron chi connectivity index (χ3n) is 0.925. The normalized spacial score (nSPS) is 19.7. The summed E-state index contributed by atoms with van der Waals surface area (Å²) in [6, 6.07) is 0. The molecule has 0 saturated carbocycles. The van der Waals surface area contributed by atoms with E-state index in [9.17, 15) is 4.79 Å². The lowest BCUT2D eigenvalue weighted by Crippen LogP contribution is -2.20. The summed E-state index contributed by atoms with van der Waals surface area (Å²) in [7, 11) is 0.303. The molecule has 0 aromatic rings. The molecule has 1 atom stereocenters. The van der Waals surface area contributed by atoms with Crippen molar-refractivity contribution in [2.24, 2.45) is 0 Å². The molecule has 9 heavy (non-hydrogen) atoms. The number of carbonyl (C=O) groups is 1. The van der Waals surface area contributed by atoms with Gasteiger partial charge in [-0.1, -0.05) is 0 Å². The fourth-order valence-electron chi connectivity index (χ4n) is 0.572. The van der Waals surface area contributed by atoms with E-state index in [2.05, 4.69) is 4.74 Å². The van der Waals surface area contributed by atoms with Crippen molar-refractivity contribution in [3.05, 3.63) is 0 Å². The lowest BCUT2D eigenvalue weighted by Gasteiger charge is -2.08. The third kappa shape index (κ3) is 1.53. The van der Waals surface area contributed by atoms with Crippen LogP contribution in [0.1, 0.15) is 0 Å². The molecule has 1 rings (SSSR count). The molecule has 1 heterocycles. The van der Waals surface area contributed by atoms with Gasteiger partial charge in [-0.3, -0.25) is 4.62 Å². The number of nitrogens with zero attached hydrogens (tertiary/aromatic N) is 1. The molecule has 1 amide bonds. The third-order valence-corrected chi connectivity index (χ3v) is 1.33. The molecule has 0 radical (unpaired) electrons. The second kappa shape index (κ2) is 2.99. The first-order valence-electron chi connectivity index (χ1n) is 2.62. The van der Waals surface area contributed by atoms with Crippen LogP contribution in [-0.2, 0) is 9.36 Å². The van der Waals surface area contributed by atoms with Crippen molar-refractivity contribution >= 4 is 14.9 Å². The number of amides is 1. The van der Waals surface area contributed by atoms with Gasteiger partial charge in [0.25, 0.3) is 0 Å². The second-order valence-corrected chi connectivity index (χ2v) is 2.10. The highest BCUT2D eigenvalue weighted by atomic mass is 31.1. The highest BCUT2D eigenvalue weighted by Gasteiger charge is 2.21. The smallest absolute Gasteiger partial charge is 0.434 e. The van der Waals surface area contributed by atoms with Gasteiger partial charge in [-0.2, -0.15) is 5.06 Å². The van der Waals surface area contributed by atoms with Crippen molar-refractivity contribution in [1.29, 1.82) is 0 Å². The Kier molecular flexibility index (Phi) is 2.25. The lowest BCUT2D eigenvalue weighted by atomic mass is 10.7. The SMILES string of the molecule is CPON1CCOC1=O. The Morgan fingerprint density at radius 3 is 3.11 bits per heavy atom. The number of carbonyl (C=O) groups excluding carboxylic acids is 1. The molecule has 1 aliphatic heterocycles. The van der Waals surface area contributed by atoms with E-state index in [4.69, 9.17) is 4.62 Å². The van der Waals surface area contributed by atoms with Crippen molar-refractivity contribution in [3.8, 4) is 0 Å². The van der Waals surface area contributed by atoms with Crippen molar-refractivity contribution < 1.29 is 14.2 Å². The first kappa shape index (κ1) is 6.78. The molecule has 0 spiro atoms. The Morgan fingerprint density at radius 1 is 1.89 bits per heavy atom. The molecular formula is C4H8NO3P. The molecular weight excluding hydrogens is 141 g/mol. The molecule has 52 valence electrons. The van der Waals surface area contributed by atoms with Crippen LogP contribution in [0.2, 0.25) is 0 Å². The first-order valence-corrected chi connectivity index (χ1v) is 4.03. The zero-order chi connectivity index (χ0) is 6.69. The summed E-state index contributed by atoms with van der Waals surface area (Å²) >= 11 is 0. The van der Waals surface area contributed by atoms with E-state index in [1.807, 2.05) is 6.66 Å². The highest BCUT2D eigenvalue weighted by molar-refractivity contribution is 7.31. The van der Waals surface area contributed by atoms with E-state index in [0.29, 0.717) is 22.0 Å². The Morgan fingerprint density at radius 2 is 2.67 bits per heavy atom. The second-order valence-electron chi connectivity index (χ2n) is 1.51. The van der Waals surface area contributed by atoms with Crippen LogP contribution in [-0.4, -0.2) is 31.0 Å². The Labute approximate surface area is 54.9 Å². The summed E-state index contributed by atoms with van der Waals surface area (Å²) in [6.45, 7) is 2.86. The van der Waals surface area contributed by atoms with E-state index < -0.39 is 0 Å². The van der Waals surface area contributed by atoms with Crippen molar-refractivity contribution in [2.75, 3.05) is 19.8 Å². The molecule has 0 aromatic carbocycles. The predicted molar refractivity (Wildman–Crippen MR) is 33.4 cm³/mol. The van der Waals surface area contributed by atoms with Gasteiger partial charge in [-0.05, 0) is 6.66 Å². The van der Waals surface area contributed by atoms with Gasteiger partial charge in [-0.15, -0.1) is 0 Å². The van der Waals surface area contributed by atoms with Gasteiger partial charge in [0.1, 0.15) is 6.61 Å². The summed E-state index contributed by atoms with van der Waals surface area (Å²) in [5.74, 6) is 0. The van der Waals surface area contributed by atoms with Gasteiger partial charge in [0, 0.05) is 8.81 Å². The average molecular weight is 149 g/mol. The molecule has 1 aliphatic rings. The molecule has 0 bridgehead atoms. The molecule has 4 nitrogen and oxygen atoms in total. The molecule has 0 aliphatic carbocycles. The Bertz CT molecular complexity index is 118. The van der Waals surface area contributed by atoms with E-state index in [1.165, 1.54) is 5.06 Å². The van der Waals surface area contributed by atoms with E-state index in [1.54, 1.807) is 0 Å². The minimum atomic E-state index is -0.371. The van der Waals surface area contributed by atoms with Gasteiger partial charge in [-0.25, -0.2) is 4.79 Å². The average Bonchev–Trinajstić information content (AvgIpc) is 2.18. The quantitative estimate of drug-likeness (QED) is 0.539. The van der Waals surface area contributed by atoms with Crippen molar-refractivity contribution in [1.82, 2.24) is 5.06 Å². The van der Waals surface area contributed by atoms with Crippen LogP contribution in [0.5, 0.6) is 0 Å². The fraction of sp³-hybridized carbons (Fsp3) is 0.750. The van der Waals surface area contributed by atoms with Crippen LogP contribution in [0.3, 0.4) is 0 Å². The van der Waals surface area contributed by atoms with Crippen LogP contribution < -0.4 is 0 Å². The van der Waals surface area contributed by atoms with Gasteiger partial charge in [0.15, 0.2) is 0 Å². The fourth-order valence-corrected chi connectivity index (χ4v) is 0.958. The predicted octanol–water partition coefficient (Wildman–Crippen LogP) is 0.593. The molecule has 0 aromatic heterocycles. The maximum absolute atomic E-state index is 10.5. The number of rotatable bonds is 2. The van der Waals surface area contributed by atoms with Crippen LogP contribution in [0, 0.1) is 0 Å². The molecule has 1 unspecified atom stereocenters. The van der Waals surface area contributed by atoms with Gasteiger partial charge in [0.05, 0.1) is 6.54 Å². The zero-order valence-corrected chi connectivity index (χ0v) is 6.09. The van der Waals surface area contributed by atoms with E-state index >= 15 is 0 Å². The largest absolute Gasteiger partial charge is 0.446 e. The first-order chi connectivity index (χ1) is 4.34. The van der Waals surface area contributed by atoms with Crippen LogP contribution in [0.15, 0.2) is 0 Å². The minimum absolute atomic E-state index is 0.303. The molecule has 1 fully saturated rings. The van der Waals surface area contributed by atoms with E-state index in [-0.39, 0.29) is 6.09 Å². The lowest BCUT2D eigenvalue weighted by molar-refractivity contribution is 0.0157. The van der Waals surface area contributed by atoms with Crippen LogP contribution in [0.25, 0.3) is 0 Å². The van der Waals surface area contributed by atoms with Crippen molar-refractivity contribution in [3.63, 3.8) is 0 Å². The molecule has 5 heteroatoms. The zero-order valence-electron chi connectivity index (χ0n) is 5.09. The number of ether oxygens (including phenoxy) is 1. The Hall–Kier alpha value is -0.340. The number of hydroxylamine groups is 2. The standard InChI is InChI=1S/C4H8NO3P/c1-9-8-5-2-3-7-4(5)6/h9H,2-3H2,1H3. The van der Waals surface area contributed by atoms with Crippen molar-refractivity contribution in [2.45, 2.75) is 0 Å². The highest BCUT2D eigenvalue weighted by Crippen LogP contribution is 2.13. The van der Waals surface area contributed by atoms with Gasteiger partial charge < -0.3 is 4.74 Å². The minimum Gasteiger partial charge on any atom is -0.446 e. The summed E-state index contributed by atoms with van der Waals surface area (Å²) in [5.41, 5.74) is 0. The van der Waals surface area contributed by atoms with Gasteiger partial charge in [0.2, 0.25) is 0 Å². The van der Waals surface area contributed by atoms with Crippen LogP contribution >= 0.6 is 8.81 Å². The summed E-state index contributed by atoms with van der Waals surface area (Å²) in [4.78, 5) is 10.5. The summed E-state index contributed by atoms with van der Waals surface area (Å²) < 4.78 is 9.49. The number of cyclic esters (lactones) is 1. The topological polar surface area (TPSA) is 38.8 Å². The summed E-state index contributed by atoms with van der Waals surface area (Å²) in [6.07, 6.45) is -0.371.